The summed E-state index contributed by atoms with van der Waals surface area (Å²) in [4.78, 5) is 27.1. The summed E-state index contributed by atoms with van der Waals surface area (Å²) < 4.78 is 7.70. The van der Waals surface area contributed by atoms with Crippen LogP contribution in [0.5, 0.6) is 5.75 Å². The number of aromatic amines is 1. The first kappa shape index (κ1) is 18.6. The zero-order valence-electron chi connectivity index (χ0n) is 16.1. The van der Waals surface area contributed by atoms with E-state index in [4.69, 9.17) is 17.0 Å². The van der Waals surface area contributed by atoms with E-state index in [9.17, 15) is 4.79 Å². The number of rotatable bonds is 4. The predicted octanol–water partition coefficient (Wildman–Crippen LogP) is 3.54. The molecule has 0 bridgehead atoms. The predicted molar refractivity (Wildman–Crippen MR) is 112 cm³/mol. The summed E-state index contributed by atoms with van der Waals surface area (Å²) in [5, 5.41) is 0.343. The largest absolute Gasteiger partial charge is 0.494 e. The van der Waals surface area contributed by atoms with E-state index >= 15 is 0 Å². The normalized spacial score (nSPS) is 14.4. The number of benzene rings is 1. The Hall–Kier alpha value is -2.74. The number of anilines is 1. The molecule has 28 heavy (non-hydrogen) atoms. The summed E-state index contributed by atoms with van der Waals surface area (Å²) in [6.07, 6.45) is 3.42. The van der Waals surface area contributed by atoms with Gasteiger partial charge in [0.15, 0.2) is 5.65 Å². The first-order valence-corrected chi connectivity index (χ1v) is 10.0. The van der Waals surface area contributed by atoms with Crippen LogP contribution in [-0.4, -0.2) is 39.2 Å². The molecule has 0 spiro atoms. The smallest absolute Gasteiger partial charge is 0.264 e. The van der Waals surface area contributed by atoms with Crippen molar-refractivity contribution in [2.45, 2.75) is 33.1 Å². The van der Waals surface area contributed by atoms with Gasteiger partial charge in [-0.1, -0.05) is 12.2 Å². The second kappa shape index (κ2) is 7.71. The number of aryl methyl sites for hydroxylation is 1. The molecule has 1 saturated heterocycles. The molecule has 0 radical (unpaired) electrons. The first-order valence-electron chi connectivity index (χ1n) is 9.60. The van der Waals surface area contributed by atoms with Crippen LogP contribution in [0.1, 0.15) is 32.0 Å². The molecule has 1 aromatic carbocycles. The van der Waals surface area contributed by atoms with E-state index in [-0.39, 0.29) is 5.56 Å². The molecule has 1 N–H and O–H groups in total. The van der Waals surface area contributed by atoms with Gasteiger partial charge in [-0.3, -0.25) is 14.3 Å². The van der Waals surface area contributed by atoms with E-state index in [1.54, 1.807) is 4.57 Å². The molecule has 8 heteroatoms. The maximum Gasteiger partial charge on any atom is 0.264 e. The van der Waals surface area contributed by atoms with E-state index in [0.717, 1.165) is 37.4 Å². The Kier molecular flexibility index (Phi) is 5.13. The highest BCUT2D eigenvalue weighted by atomic mass is 32.1. The molecule has 4 rings (SSSR count). The maximum absolute atomic E-state index is 12.8. The topological polar surface area (TPSA) is 76.0 Å². The Morgan fingerprint density at radius 2 is 1.86 bits per heavy atom. The van der Waals surface area contributed by atoms with Crippen LogP contribution >= 0.6 is 12.2 Å². The molecule has 2 aromatic heterocycles. The van der Waals surface area contributed by atoms with Crippen molar-refractivity contribution in [1.82, 2.24) is 19.5 Å². The van der Waals surface area contributed by atoms with Crippen molar-refractivity contribution >= 4 is 29.2 Å². The fourth-order valence-corrected chi connectivity index (χ4v) is 4.02. The number of nitrogens with one attached hydrogen (secondary N) is 1. The number of H-pyrrole nitrogens is 1. The number of hydrogen-bond acceptors (Lipinski definition) is 6. The molecule has 0 unspecified atom stereocenters. The molecule has 146 valence electrons. The van der Waals surface area contributed by atoms with Gasteiger partial charge < -0.3 is 9.64 Å². The van der Waals surface area contributed by atoms with Gasteiger partial charge in [0, 0.05) is 18.8 Å². The Morgan fingerprint density at radius 3 is 2.54 bits per heavy atom. The highest BCUT2D eigenvalue weighted by molar-refractivity contribution is 7.71. The lowest BCUT2D eigenvalue weighted by molar-refractivity contribution is 0.340. The standard InChI is InChI=1S/C20H23N5O2S/c1-3-27-15-9-7-14(8-10-15)25-13(2)21-17-16(19(25)28)18(26)23-20(22-17)24-11-5-4-6-12-24/h7-10H,3-6,11-12H2,1-2H3,(H,22,23,26). The average molecular weight is 398 g/mol. The van der Waals surface area contributed by atoms with E-state index in [1.807, 2.05) is 38.1 Å². The van der Waals surface area contributed by atoms with Crippen LogP contribution in [0.2, 0.25) is 0 Å². The Balaban J connectivity index is 1.82. The second-order valence-corrected chi connectivity index (χ2v) is 7.25. The molecule has 0 saturated carbocycles. The van der Waals surface area contributed by atoms with Crippen LogP contribution in [-0.2, 0) is 0 Å². The molecular weight excluding hydrogens is 374 g/mol. The minimum absolute atomic E-state index is 0.247. The molecule has 7 nitrogen and oxygen atoms in total. The van der Waals surface area contributed by atoms with Gasteiger partial charge in [0.2, 0.25) is 5.95 Å². The van der Waals surface area contributed by atoms with Crippen molar-refractivity contribution in [3.63, 3.8) is 0 Å². The fraction of sp³-hybridized carbons (Fsp3) is 0.400. The van der Waals surface area contributed by atoms with Gasteiger partial charge in [0.25, 0.3) is 5.56 Å². The average Bonchev–Trinajstić information content (AvgIpc) is 2.69. The highest BCUT2D eigenvalue weighted by Gasteiger charge is 2.17. The van der Waals surface area contributed by atoms with Crippen LogP contribution < -0.4 is 15.2 Å². The maximum atomic E-state index is 12.8. The van der Waals surface area contributed by atoms with Gasteiger partial charge in [0.1, 0.15) is 21.6 Å². The summed E-state index contributed by atoms with van der Waals surface area (Å²) in [5.41, 5.74) is 0.983. The molecule has 3 aromatic rings. The van der Waals surface area contributed by atoms with Crippen LogP contribution in [0.15, 0.2) is 29.1 Å². The van der Waals surface area contributed by atoms with Crippen molar-refractivity contribution in [2.75, 3.05) is 24.6 Å². The van der Waals surface area contributed by atoms with Crippen molar-refractivity contribution < 1.29 is 4.74 Å². The quantitative estimate of drug-likeness (QED) is 0.679. The monoisotopic (exact) mass is 397 g/mol. The van der Waals surface area contributed by atoms with Gasteiger partial charge in [-0.25, -0.2) is 4.98 Å². The summed E-state index contributed by atoms with van der Waals surface area (Å²) in [6, 6.07) is 7.58. The van der Waals surface area contributed by atoms with Gasteiger partial charge in [-0.2, -0.15) is 4.98 Å². The zero-order valence-corrected chi connectivity index (χ0v) is 16.9. The number of hydrogen-bond donors (Lipinski definition) is 1. The summed E-state index contributed by atoms with van der Waals surface area (Å²) >= 11 is 5.65. The molecule has 1 aliphatic rings. The van der Waals surface area contributed by atoms with Gasteiger partial charge >= 0.3 is 0 Å². The van der Waals surface area contributed by atoms with Gasteiger partial charge in [-0.15, -0.1) is 0 Å². The number of aromatic nitrogens is 4. The summed E-state index contributed by atoms with van der Waals surface area (Å²) in [7, 11) is 0. The van der Waals surface area contributed by atoms with Crippen LogP contribution in [0, 0.1) is 11.6 Å². The fourth-order valence-electron chi connectivity index (χ4n) is 3.60. The first-order chi connectivity index (χ1) is 13.6. The molecule has 1 fully saturated rings. The van der Waals surface area contributed by atoms with Gasteiger partial charge in [0.05, 0.1) is 6.61 Å². The van der Waals surface area contributed by atoms with E-state index < -0.39 is 0 Å². The number of fused-ring (bicyclic) bond motifs is 1. The third-order valence-corrected chi connectivity index (χ3v) is 5.34. The molecule has 0 aliphatic carbocycles. The van der Waals surface area contributed by atoms with Crippen LogP contribution in [0.3, 0.4) is 0 Å². The lowest BCUT2D eigenvalue weighted by Crippen LogP contribution is -2.32. The van der Waals surface area contributed by atoms with E-state index in [2.05, 4.69) is 19.9 Å². The van der Waals surface area contributed by atoms with Crippen molar-refractivity contribution in [1.29, 1.82) is 0 Å². The van der Waals surface area contributed by atoms with Crippen LogP contribution in [0.4, 0.5) is 5.95 Å². The Bertz CT molecular complexity index is 1110. The minimum atomic E-state index is -0.247. The lowest BCUT2D eigenvalue weighted by Gasteiger charge is -2.27. The van der Waals surface area contributed by atoms with Gasteiger partial charge in [-0.05, 0) is 57.4 Å². The molecule has 3 heterocycles. The minimum Gasteiger partial charge on any atom is -0.494 e. The summed E-state index contributed by atoms with van der Waals surface area (Å²) in [5.74, 6) is 2.05. The summed E-state index contributed by atoms with van der Waals surface area (Å²) in [6.45, 7) is 6.21. The Morgan fingerprint density at radius 1 is 1.14 bits per heavy atom. The molecular formula is C20H23N5O2S. The third-order valence-electron chi connectivity index (χ3n) is 4.96. The number of ether oxygens (including phenoxy) is 1. The SMILES string of the molecule is CCOc1ccc(-n2c(C)nc3nc(N4CCCCC4)[nH]c(=O)c3c2=S)cc1. The van der Waals surface area contributed by atoms with Crippen molar-refractivity contribution in [3.05, 3.63) is 45.1 Å². The molecule has 0 amide bonds. The molecule has 0 atom stereocenters. The molecule has 1 aliphatic heterocycles. The van der Waals surface area contributed by atoms with Crippen LogP contribution in [0.25, 0.3) is 16.7 Å². The lowest BCUT2D eigenvalue weighted by atomic mass is 10.1. The highest BCUT2D eigenvalue weighted by Crippen LogP contribution is 2.21. The van der Waals surface area contributed by atoms with E-state index in [0.29, 0.717) is 34.1 Å². The van der Waals surface area contributed by atoms with Crippen molar-refractivity contribution in [3.8, 4) is 11.4 Å². The Labute approximate surface area is 168 Å². The third kappa shape index (κ3) is 3.40. The second-order valence-electron chi connectivity index (χ2n) is 6.86. The number of piperidine rings is 1. The van der Waals surface area contributed by atoms with Crippen molar-refractivity contribution in [2.24, 2.45) is 0 Å². The van der Waals surface area contributed by atoms with E-state index in [1.165, 1.54) is 6.42 Å². The zero-order chi connectivity index (χ0) is 19.7. The number of nitrogens with zero attached hydrogens (tertiary/aromatic N) is 4.